The molecule has 1 aromatic heterocycles. The Bertz CT molecular complexity index is 635. The number of aromatic nitrogens is 2. The maximum absolute atomic E-state index is 13.3. The number of piperidine rings is 1. The third-order valence-corrected chi connectivity index (χ3v) is 5.86. The van der Waals surface area contributed by atoms with Crippen molar-refractivity contribution in [1.29, 1.82) is 0 Å². The number of ether oxygens (including phenoxy) is 2. The number of nitrogens with zero attached hydrogens (tertiary/aromatic N) is 4. The number of carbonyl (C=O) groups excluding carboxylic acids is 1. The van der Waals surface area contributed by atoms with Gasteiger partial charge in [0.25, 0.3) is 0 Å². The average molecular weight is 346 g/mol. The van der Waals surface area contributed by atoms with E-state index in [4.69, 9.17) is 9.47 Å². The first-order valence-corrected chi connectivity index (χ1v) is 9.23. The number of amides is 1. The van der Waals surface area contributed by atoms with Gasteiger partial charge in [0.2, 0.25) is 17.7 Å². The zero-order valence-corrected chi connectivity index (χ0v) is 14.8. The van der Waals surface area contributed by atoms with Crippen LogP contribution in [0.4, 0.5) is 5.95 Å². The Hall–Kier alpha value is -1.89. The molecule has 3 aliphatic heterocycles. The van der Waals surface area contributed by atoms with Crippen LogP contribution >= 0.6 is 0 Å². The molecule has 3 aliphatic rings. The average Bonchev–Trinajstić information content (AvgIpc) is 3.10. The Morgan fingerprint density at radius 2 is 2.12 bits per heavy atom. The molecule has 0 aromatic carbocycles. The molecular formula is C18H26N4O3. The normalized spacial score (nSPS) is 28.0. The summed E-state index contributed by atoms with van der Waals surface area (Å²) in [5, 5.41) is 0. The van der Waals surface area contributed by atoms with E-state index in [0.717, 1.165) is 58.4 Å². The van der Waals surface area contributed by atoms with E-state index in [-0.39, 0.29) is 5.41 Å². The van der Waals surface area contributed by atoms with Gasteiger partial charge in [-0.3, -0.25) is 4.79 Å². The van der Waals surface area contributed by atoms with Gasteiger partial charge >= 0.3 is 0 Å². The standard InChI is InChI=1S/C18H26N4O3/c1-24-15-3-8-19-17(20-15)21-10-7-18(13-21)6-2-9-22(16(18)23)14-4-11-25-12-5-14/h3,8,14H,2,4-7,9-13H2,1H3/t18-/m0/s1. The number of carbonyl (C=O) groups is 1. The maximum Gasteiger partial charge on any atom is 0.230 e. The summed E-state index contributed by atoms with van der Waals surface area (Å²) in [6, 6.07) is 2.09. The minimum atomic E-state index is -0.275. The van der Waals surface area contributed by atoms with Crippen molar-refractivity contribution >= 4 is 11.9 Å². The molecule has 0 saturated carbocycles. The molecule has 0 N–H and O–H groups in total. The second-order valence-electron chi connectivity index (χ2n) is 7.30. The zero-order valence-electron chi connectivity index (χ0n) is 14.8. The molecule has 1 spiro atoms. The van der Waals surface area contributed by atoms with Crippen LogP contribution in [0.3, 0.4) is 0 Å². The van der Waals surface area contributed by atoms with E-state index >= 15 is 0 Å². The third-order valence-electron chi connectivity index (χ3n) is 5.86. The molecule has 1 amide bonds. The van der Waals surface area contributed by atoms with Crippen molar-refractivity contribution in [3.8, 4) is 5.88 Å². The molecule has 0 aliphatic carbocycles. The van der Waals surface area contributed by atoms with Crippen molar-refractivity contribution in [2.75, 3.05) is 44.9 Å². The molecular weight excluding hydrogens is 320 g/mol. The van der Waals surface area contributed by atoms with E-state index in [0.29, 0.717) is 30.3 Å². The predicted octanol–water partition coefficient (Wildman–Crippen LogP) is 1.48. The van der Waals surface area contributed by atoms with Gasteiger partial charge in [0, 0.05) is 51.2 Å². The fraction of sp³-hybridized carbons (Fsp3) is 0.722. The van der Waals surface area contributed by atoms with Crippen LogP contribution in [-0.2, 0) is 9.53 Å². The number of anilines is 1. The first-order chi connectivity index (χ1) is 12.2. The SMILES string of the molecule is COc1ccnc(N2CC[C@@]3(CCCN(C4CCOCC4)C3=O)C2)n1. The molecule has 3 fully saturated rings. The van der Waals surface area contributed by atoms with E-state index < -0.39 is 0 Å². The number of rotatable bonds is 3. The first kappa shape index (κ1) is 16.6. The number of hydrogen-bond acceptors (Lipinski definition) is 6. The number of hydrogen-bond donors (Lipinski definition) is 0. The summed E-state index contributed by atoms with van der Waals surface area (Å²) < 4.78 is 10.7. The molecule has 4 rings (SSSR count). The highest BCUT2D eigenvalue weighted by Gasteiger charge is 2.50. The quantitative estimate of drug-likeness (QED) is 0.826. The van der Waals surface area contributed by atoms with E-state index in [2.05, 4.69) is 19.8 Å². The molecule has 3 saturated heterocycles. The smallest absolute Gasteiger partial charge is 0.230 e. The second kappa shape index (κ2) is 6.78. The van der Waals surface area contributed by atoms with Crippen molar-refractivity contribution in [1.82, 2.24) is 14.9 Å². The molecule has 25 heavy (non-hydrogen) atoms. The van der Waals surface area contributed by atoms with Crippen LogP contribution in [0.5, 0.6) is 5.88 Å². The largest absolute Gasteiger partial charge is 0.481 e. The van der Waals surface area contributed by atoms with E-state index in [1.54, 1.807) is 19.4 Å². The zero-order chi connectivity index (χ0) is 17.3. The monoisotopic (exact) mass is 346 g/mol. The van der Waals surface area contributed by atoms with Crippen LogP contribution in [0.15, 0.2) is 12.3 Å². The van der Waals surface area contributed by atoms with Crippen molar-refractivity contribution in [2.24, 2.45) is 5.41 Å². The van der Waals surface area contributed by atoms with Gasteiger partial charge in [0.05, 0.1) is 12.5 Å². The van der Waals surface area contributed by atoms with Crippen LogP contribution in [0.2, 0.25) is 0 Å². The van der Waals surface area contributed by atoms with Gasteiger partial charge < -0.3 is 19.3 Å². The van der Waals surface area contributed by atoms with Gasteiger partial charge in [0.15, 0.2) is 0 Å². The second-order valence-corrected chi connectivity index (χ2v) is 7.30. The molecule has 1 aromatic rings. The first-order valence-electron chi connectivity index (χ1n) is 9.23. The Morgan fingerprint density at radius 3 is 2.92 bits per heavy atom. The lowest BCUT2D eigenvalue weighted by Crippen LogP contribution is -2.54. The molecule has 7 nitrogen and oxygen atoms in total. The van der Waals surface area contributed by atoms with Gasteiger partial charge in [-0.1, -0.05) is 0 Å². The summed E-state index contributed by atoms with van der Waals surface area (Å²) in [5.41, 5.74) is -0.275. The fourth-order valence-corrected chi connectivity index (χ4v) is 4.47. The lowest BCUT2D eigenvalue weighted by molar-refractivity contribution is -0.149. The van der Waals surface area contributed by atoms with Gasteiger partial charge in [-0.05, 0) is 32.1 Å². The van der Waals surface area contributed by atoms with Crippen LogP contribution in [0.25, 0.3) is 0 Å². The highest BCUT2D eigenvalue weighted by molar-refractivity contribution is 5.85. The topological polar surface area (TPSA) is 67.8 Å². The summed E-state index contributed by atoms with van der Waals surface area (Å²) in [5.74, 6) is 1.55. The fourth-order valence-electron chi connectivity index (χ4n) is 4.47. The maximum atomic E-state index is 13.3. The summed E-state index contributed by atoms with van der Waals surface area (Å²) in [4.78, 5) is 26.4. The molecule has 0 unspecified atom stereocenters. The molecule has 1 atom stereocenters. The van der Waals surface area contributed by atoms with Gasteiger partial charge in [-0.2, -0.15) is 4.98 Å². The van der Waals surface area contributed by atoms with Crippen molar-refractivity contribution < 1.29 is 14.3 Å². The van der Waals surface area contributed by atoms with E-state index in [1.807, 2.05) is 0 Å². The highest BCUT2D eigenvalue weighted by Crippen LogP contribution is 2.42. The van der Waals surface area contributed by atoms with Crippen molar-refractivity contribution in [2.45, 2.75) is 38.1 Å². The van der Waals surface area contributed by atoms with E-state index in [9.17, 15) is 4.79 Å². The van der Waals surface area contributed by atoms with E-state index in [1.165, 1.54) is 0 Å². The van der Waals surface area contributed by atoms with Gasteiger partial charge in [0.1, 0.15) is 0 Å². The van der Waals surface area contributed by atoms with Crippen LogP contribution < -0.4 is 9.64 Å². The van der Waals surface area contributed by atoms with Crippen LogP contribution in [0, 0.1) is 5.41 Å². The number of methoxy groups -OCH3 is 1. The summed E-state index contributed by atoms with van der Waals surface area (Å²) in [7, 11) is 1.61. The van der Waals surface area contributed by atoms with Crippen LogP contribution in [0.1, 0.15) is 32.1 Å². The Kier molecular flexibility index (Phi) is 4.50. The molecule has 4 heterocycles. The highest BCUT2D eigenvalue weighted by atomic mass is 16.5. The van der Waals surface area contributed by atoms with Crippen LogP contribution in [-0.4, -0.2) is 66.8 Å². The molecule has 136 valence electrons. The summed E-state index contributed by atoms with van der Waals surface area (Å²) in [6.45, 7) is 3.95. The molecule has 0 radical (unpaired) electrons. The summed E-state index contributed by atoms with van der Waals surface area (Å²) >= 11 is 0. The Labute approximate surface area is 148 Å². The molecule has 0 bridgehead atoms. The third kappa shape index (κ3) is 3.05. The lowest BCUT2D eigenvalue weighted by atomic mass is 9.77. The Morgan fingerprint density at radius 1 is 1.28 bits per heavy atom. The minimum absolute atomic E-state index is 0.275. The molecule has 7 heteroatoms. The Balaban J connectivity index is 1.50. The predicted molar refractivity (Wildman–Crippen MR) is 92.6 cm³/mol. The van der Waals surface area contributed by atoms with Gasteiger partial charge in [-0.15, -0.1) is 0 Å². The van der Waals surface area contributed by atoms with Crippen molar-refractivity contribution in [3.05, 3.63) is 12.3 Å². The lowest BCUT2D eigenvalue weighted by Gasteiger charge is -2.44. The number of likely N-dealkylation sites (tertiary alicyclic amines) is 1. The summed E-state index contributed by atoms with van der Waals surface area (Å²) in [6.07, 6.45) is 6.56. The minimum Gasteiger partial charge on any atom is -0.481 e. The van der Waals surface area contributed by atoms with Crippen molar-refractivity contribution in [3.63, 3.8) is 0 Å². The van der Waals surface area contributed by atoms with Gasteiger partial charge in [-0.25, -0.2) is 4.98 Å².